The number of piperidine rings is 1. The highest BCUT2D eigenvalue weighted by molar-refractivity contribution is 7.93. The Hall–Kier alpha value is -3.70. The van der Waals surface area contributed by atoms with Crippen LogP contribution in [0.2, 0.25) is 0 Å². The molecule has 3 aromatic rings. The first-order valence-electron chi connectivity index (χ1n) is 14.2. The number of carboxylic acid groups (broad SMARTS) is 1. The number of aryl methyl sites for hydroxylation is 1. The van der Waals surface area contributed by atoms with Crippen molar-refractivity contribution >= 4 is 21.9 Å². The van der Waals surface area contributed by atoms with Gasteiger partial charge in [-0.2, -0.15) is 0 Å². The molecule has 6 rings (SSSR count). The quantitative estimate of drug-likeness (QED) is 0.375. The number of halogens is 1. The minimum atomic E-state index is -3.12. The number of aliphatic carboxylic acids is 1. The third kappa shape index (κ3) is 5.43. The molecule has 0 saturated carbocycles. The second-order valence-corrected chi connectivity index (χ2v) is 13.9. The first-order chi connectivity index (χ1) is 20.0. The van der Waals surface area contributed by atoms with Gasteiger partial charge in [-0.25, -0.2) is 22.6 Å². The van der Waals surface area contributed by atoms with Crippen molar-refractivity contribution < 1.29 is 32.2 Å². The average molecular weight is 596 g/mol. The summed E-state index contributed by atoms with van der Waals surface area (Å²) >= 11 is 0. The van der Waals surface area contributed by atoms with Gasteiger partial charge in [0.15, 0.2) is 21.3 Å². The van der Waals surface area contributed by atoms with E-state index in [2.05, 4.69) is 9.88 Å². The minimum absolute atomic E-state index is 0.187. The SMILES string of the molecule is Cc1ccc(C2(C)Oc3cccc(C4CCN(Cc5ncc(/C=C/C(=O)O)n5CC5CCS5(=O)=O)CC4)c3O2)c(F)c1. The van der Waals surface area contributed by atoms with Gasteiger partial charge in [0.1, 0.15) is 11.6 Å². The Balaban J connectivity index is 1.15. The molecule has 0 amide bonds. The van der Waals surface area contributed by atoms with Crippen molar-refractivity contribution in [2.24, 2.45) is 0 Å². The predicted octanol–water partition coefficient (Wildman–Crippen LogP) is 4.64. The summed E-state index contributed by atoms with van der Waals surface area (Å²) in [7, 11) is -3.12. The van der Waals surface area contributed by atoms with Gasteiger partial charge in [0.2, 0.25) is 0 Å². The number of sulfone groups is 1. The molecule has 2 unspecified atom stereocenters. The molecule has 2 aromatic carbocycles. The number of aromatic nitrogens is 2. The Morgan fingerprint density at radius 3 is 2.64 bits per heavy atom. The Bertz CT molecular complexity index is 1660. The number of fused-ring (bicyclic) bond motifs is 1. The molecule has 1 aromatic heterocycles. The standard InChI is InChI=1S/C31H34FN3O6S/c1-20-6-8-25(26(32)16-20)31(2)40-27-5-3-4-24(30(27)41-31)21-10-13-34(14-11-21)19-28-33-17-22(7-9-29(36)37)35(28)18-23-12-15-42(23,38)39/h3-9,16-17,21,23H,10-15,18-19H2,1-2H3,(H,36,37)/b9-7+. The van der Waals surface area contributed by atoms with Crippen molar-refractivity contribution in [2.45, 2.75) is 63.2 Å². The van der Waals surface area contributed by atoms with Gasteiger partial charge in [-0.15, -0.1) is 0 Å². The van der Waals surface area contributed by atoms with E-state index in [1.807, 2.05) is 35.8 Å². The van der Waals surface area contributed by atoms with Crippen LogP contribution in [0.4, 0.5) is 4.39 Å². The van der Waals surface area contributed by atoms with Gasteiger partial charge in [-0.1, -0.05) is 18.2 Å². The summed E-state index contributed by atoms with van der Waals surface area (Å²) in [6.45, 7) is 5.94. The molecule has 222 valence electrons. The van der Waals surface area contributed by atoms with Gasteiger partial charge >= 0.3 is 5.97 Å². The number of benzene rings is 2. The van der Waals surface area contributed by atoms with E-state index in [1.165, 1.54) is 12.1 Å². The first kappa shape index (κ1) is 28.4. The smallest absolute Gasteiger partial charge is 0.328 e. The molecule has 2 fully saturated rings. The summed E-state index contributed by atoms with van der Waals surface area (Å²) in [5.74, 6) is -0.309. The van der Waals surface area contributed by atoms with Crippen molar-refractivity contribution in [3.63, 3.8) is 0 Å². The maximum absolute atomic E-state index is 14.9. The number of hydrogen-bond acceptors (Lipinski definition) is 7. The molecular weight excluding hydrogens is 561 g/mol. The van der Waals surface area contributed by atoms with Crippen LogP contribution in [0, 0.1) is 12.7 Å². The van der Waals surface area contributed by atoms with E-state index in [0.29, 0.717) is 41.5 Å². The van der Waals surface area contributed by atoms with Crippen LogP contribution in [0.3, 0.4) is 0 Å². The first-order valence-corrected chi connectivity index (χ1v) is 15.9. The fraction of sp³-hybridized carbons (Fsp3) is 0.419. The largest absolute Gasteiger partial charge is 0.478 e. The third-order valence-electron chi connectivity index (χ3n) is 8.60. The molecule has 2 saturated heterocycles. The number of rotatable bonds is 8. The molecule has 11 heteroatoms. The number of imidazole rings is 1. The van der Waals surface area contributed by atoms with Crippen LogP contribution in [-0.2, 0) is 33.5 Å². The van der Waals surface area contributed by atoms with Crippen molar-refractivity contribution in [3.05, 3.63) is 82.7 Å². The lowest BCUT2D eigenvalue weighted by molar-refractivity contribution is -0.131. The second-order valence-electron chi connectivity index (χ2n) is 11.5. The molecular formula is C31H34FN3O6S. The summed E-state index contributed by atoms with van der Waals surface area (Å²) in [5, 5.41) is 8.61. The third-order valence-corrected chi connectivity index (χ3v) is 10.8. The maximum atomic E-state index is 14.9. The molecule has 9 nitrogen and oxygen atoms in total. The summed E-state index contributed by atoms with van der Waals surface area (Å²) in [6, 6.07) is 10.9. The lowest BCUT2D eigenvalue weighted by Crippen LogP contribution is -2.40. The number of carboxylic acids is 1. The number of ether oxygens (including phenoxy) is 2. The summed E-state index contributed by atoms with van der Waals surface area (Å²) in [6.07, 6.45) is 6.42. The van der Waals surface area contributed by atoms with E-state index in [1.54, 1.807) is 19.2 Å². The molecule has 0 radical (unpaired) electrons. The zero-order chi connectivity index (χ0) is 29.6. The molecule has 3 aliphatic heterocycles. The molecule has 3 aliphatic rings. The summed E-state index contributed by atoms with van der Waals surface area (Å²) in [5.41, 5.74) is 2.80. The highest BCUT2D eigenvalue weighted by Gasteiger charge is 2.43. The van der Waals surface area contributed by atoms with Crippen LogP contribution < -0.4 is 9.47 Å². The maximum Gasteiger partial charge on any atom is 0.328 e. The fourth-order valence-corrected chi connectivity index (χ4v) is 7.44. The van der Waals surface area contributed by atoms with Gasteiger partial charge in [0.25, 0.3) is 5.79 Å². The number of likely N-dealkylation sites (tertiary alicyclic amines) is 1. The van der Waals surface area contributed by atoms with Crippen LogP contribution in [-0.4, -0.2) is 58.0 Å². The Morgan fingerprint density at radius 2 is 1.98 bits per heavy atom. The molecule has 42 heavy (non-hydrogen) atoms. The number of para-hydroxylation sites is 1. The van der Waals surface area contributed by atoms with Crippen LogP contribution in [0.25, 0.3) is 6.08 Å². The number of hydrogen-bond donors (Lipinski definition) is 1. The van der Waals surface area contributed by atoms with E-state index in [-0.39, 0.29) is 24.0 Å². The number of nitrogens with zero attached hydrogens (tertiary/aromatic N) is 3. The van der Waals surface area contributed by atoms with Gasteiger partial charge in [-0.05, 0) is 75.0 Å². The van der Waals surface area contributed by atoms with Crippen molar-refractivity contribution in [3.8, 4) is 11.5 Å². The molecule has 0 spiro atoms. The van der Waals surface area contributed by atoms with Gasteiger partial charge in [-0.3, -0.25) is 4.90 Å². The van der Waals surface area contributed by atoms with Crippen molar-refractivity contribution in [1.29, 1.82) is 0 Å². The van der Waals surface area contributed by atoms with Crippen molar-refractivity contribution in [2.75, 3.05) is 18.8 Å². The molecule has 2 atom stereocenters. The number of carbonyl (C=O) groups is 1. The fourth-order valence-electron chi connectivity index (χ4n) is 6.11. The average Bonchev–Trinajstić information content (AvgIpc) is 3.49. The zero-order valence-corrected chi connectivity index (χ0v) is 24.4. The van der Waals surface area contributed by atoms with Crippen molar-refractivity contribution in [1.82, 2.24) is 14.5 Å². The van der Waals surface area contributed by atoms with E-state index in [0.717, 1.165) is 43.1 Å². The molecule has 4 heterocycles. The van der Waals surface area contributed by atoms with Crippen LogP contribution in [0.15, 0.2) is 48.7 Å². The van der Waals surface area contributed by atoms with E-state index < -0.39 is 26.8 Å². The van der Waals surface area contributed by atoms with E-state index >= 15 is 0 Å². The van der Waals surface area contributed by atoms with E-state index in [9.17, 15) is 17.6 Å². The Labute approximate surface area is 244 Å². The topological polar surface area (TPSA) is 111 Å². The van der Waals surface area contributed by atoms with Crippen LogP contribution in [0.5, 0.6) is 11.5 Å². The summed E-state index contributed by atoms with van der Waals surface area (Å²) < 4.78 is 53.7. The van der Waals surface area contributed by atoms with Crippen LogP contribution >= 0.6 is 0 Å². The zero-order valence-electron chi connectivity index (χ0n) is 23.6. The summed E-state index contributed by atoms with van der Waals surface area (Å²) in [4.78, 5) is 17.9. The lowest BCUT2D eigenvalue weighted by atomic mass is 9.88. The highest BCUT2D eigenvalue weighted by atomic mass is 32.2. The lowest BCUT2D eigenvalue weighted by Gasteiger charge is -2.33. The molecule has 0 bridgehead atoms. The second kappa shape index (κ2) is 10.9. The van der Waals surface area contributed by atoms with Gasteiger partial charge in [0, 0.05) is 25.1 Å². The highest BCUT2D eigenvalue weighted by Crippen LogP contribution is 2.49. The van der Waals surface area contributed by atoms with Gasteiger partial charge in [0.05, 0.1) is 35.0 Å². The van der Waals surface area contributed by atoms with Crippen LogP contribution in [0.1, 0.15) is 60.3 Å². The Morgan fingerprint density at radius 1 is 1.19 bits per heavy atom. The van der Waals surface area contributed by atoms with E-state index in [4.69, 9.17) is 14.6 Å². The Kier molecular flexibility index (Phi) is 7.34. The molecule has 0 aliphatic carbocycles. The monoisotopic (exact) mass is 595 g/mol. The normalized spacial score (nSPS) is 23.7. The minimum Gasteiger partial charge on any atom is -0.478 e. The van der Waals surface area contributed by atoms with Gasteiger partial charge < -0.3 is 19.1 Å². The molecule has 1 N–H and O–H groups in total. The predicted molar refractivity (Wildman–Crippen MR) is 155 cm³/mol.